The molecular formula is C23H29NO6. The fourth-order valence-electron chi connectivity index (χ4n) is 4.58. The van der Waals surface area contributed by atoms with E-state index in [1.807, 2.05) is 6.07 Å². The van der Waals surface area contributed by atoms with Crippen molar-refractivity contribution in [3.05, 3.63) is 35.0 Å². The molecule has 0 radical (unpaired) electrons. The van der Waals surface area contributed by atoms with E-state index in [1.54, 1.807) is 19.2 Å². The van der Waals surface area contributed by atoms with E-state index in [9.17, 15) is 14.7 Å². The van der Waals surface area contributed by atoms with Crippen molar-refractivity contribution >= 4 is 11.8 Å². The summed E-state index contributed by atoms with van der Waals surface area (Å²) in [7, 11) is 0. The predicted molar refractivity (Wildman–Crippen MR) is 109 cm³/mol. The Morgan fingerprint density at radius 1 is 1.30 bits per heavy atom. The van der Waals surface area contributed by atoms with Crippen molar-refractivity contribution in [1.29, 1.82) is 0 Å². The van der Waals surface area contributed by atoms with Gasteiger partial charge >= 0.3 is 5.97 Å². The molecule has 0 amide bonds. The fraction of sp³-hybridized carbons (Fsp3) is 0.565. The number of phenols is 1. The van der Waals surface area contributed by atoms with Crippen LogP contribution in [-0.4, -0.2) is 52.7 Å². The molecule has 1 aliphatic carbocycles. The topological polar surface area (TPSA) is 96.3 Å². The summed E-state index contributed by atoms with van der Waals surface area (Å²) in [6, 6.07) is 3.48. The number of hydrogen-bond donors (Lipinski definition) is 2. The highest BCUT2D eigenvalue weighted by Gasteiger charge is 2.52. The van der Waals surface area contributed by atoms with Gasteiger partial charge in [0, 0.05) is 31.7 Å². The lowest BCUT2D eigenvalue weighted by molar-refractivity contribution is -0.140. The van der Waals surface area contributed by atoms with Crippen LogP contribution in [0.2, 0.25) is 0 Å². The Labute approximate surface area is 176 Å². The number of rotatable bonds is 7. The van der Waals surface area contributed by atoms with Crippen molar-refractivity contribution in [2.24, 2.45) is 5.41 Å². The van der Waals surface area contributed by atoms with Gasteiger partial charge in [0.2, 0.25) is 0 Å². The van der Waals surface area contributed by atoms with Crippen LogP contribution in [0, 0.1) is 5.41 Å². The minimum atomic E-state index is -0.568. The van der Waals surface area contributed by atoms with Gasteiger partial charge in [-0.15, -0.1) is 0 Å². The van der Waals surface area contributed by atoms with Gasteiger partial charge in [-0.2, -0.15) is 0 Å². The Balaban J connectivity index is 1.72. The van der Waals surface area contributed by atoms with Gasteiger partial charge < -0.3 is 24.6 Å². The van der Waals surface area contributed by atoms with Crippen LogP contribution in [0.15, 0.2) is 23.9 Å². The molecule has 7 nitrogen and oxygen atoms in total. The monoisotopic (exact) mass is 415 g/mol. The number of phenolic OH excluding ortho intramolecular Hbond substituents is 1. The maximum Gasteiger partial charge on any atom is 0.343 e. The smallest absolute Gasteiger partial charge is 0.343 e. The molecule has 1 aromatic carbocycles. The zero-order chi connectivity index (χ0) is 21.5. The molecular weight excluding hydrogens is 386 g/mol. The van der Waals surface area contributed by atoms with E-state index in [0.717, 1.165) is 30.4 Å². The number of nitrogens with zero attached hydrogens (tertiary/aromatic N) is 1. The van der Waals surface area contributed by atoms with Crippen LogP contribution in [-0.2, 0) is 20.7 Å². The van der Waals surface area contributed by atoms with Crippen molar-refractivity contribution in [1.82, 2.24) is 4.90 Å². The summed E-state index contributed by atoms with van der Waals surface area (Å²) in [6.07, 6.45) is 5.31. The fourth-order valence-corrected chi connectivity index (χ4v) is 4.58. The molecule has 4 rings (SSSR count). The van der Waals surface area contributed by atoms with Crippen LogP contribution in [0.4, 0.5) is 0 Å². The van der Waals surface area contributed by atoms with Crippen molar-refractivity contribution in [2.45, 2.75) is 58.0 Å². The molecule has 162 valence electrons. The molecule has 1 saturated carbocycles. The lowest BCUT2D eigenvalue weighted by atomic mass is 9.78. The first-order valence-electron chi connectivity index (χ1n) is 10.7. The van der Waals surface area contributed by atoms with E-state index in [0.29, 0.717) is 18.8 Å². The Morgan fingerprint density at radius 3 is 2.73 bits per heavy atom. The zero-order valence-corrected chi connectivity index (χ0v) is 17.5. The highest BCUT2D eigenvalue weighted by atomic mass is 16.5. The van der Waals surface area contributed by atoms with Gasteiger partial charge in [0.15, 0.2) is 17.3 Å². The molecule has 0 aromatic heterocycles. The number of Topliss-reactive ketones (excluding diaryl/α,β-unsaturated/α-hetero) is 1. The molecule has 3 aliphatic rings. The highest BCUT2D eigenvalue weighted by Crippen LogP contribution is 2.56. The number of ketones is 1. The van der Waals surface area contributed by atoms with E-state index in [4.69, 9.17) is 14.6 Å². The molecule has 1 aromatic rings. The second-order valence-electron chi connectivity index (χ2n) is 8.67. The summed E-state index contributed by atoms with van der Waals surface area (Å²) < 4.78 is 10.7. The standard InChI is InChI=1S/C23H29NO6/c1-3-29-22(28)16-13-24-17(12-18(16)26)15-11-19(27)20(30-8-4-7-25)9-14(15)10-21(24)23(2)5-6-23/h9,11,13,17,21,25,27H,3-8,10,12H2,1-2H3. The van der Waals surface area contributed by atoms with Crippen molar-refractivity contribution in [2.75, 3.05) is 19.8 Å². The number of carbonyl (C=O) groups excluding carboxylic acids is 2. The van der Waals surface area contributed by atoms with Crippen LogP contribution in [0.3, 0.4) is 0 Å². The molecule has 7 heteroatoms. The van der Waals surface area contributed by atoms with Gasteiger partial charge in [0.1, 0.15) is 5.57 Å². The third-order valence-electron chi connectivity index (χ3n) is 6.57. The molecule has 2 heterocycles. The average Bonchev–Trinajstić information content (AvgIpc) is 3.46. The van der Waals surface area contributed by atoms with E-state index in [1.165, 1.54) is 0 Å². The average molecular weight is 415 g/mol. The first-order chi connectivity index (χ1) is 14.4. The van der Waals surface area contributed by atoms with E-state index in [2.05, 4.69) is 11.8 Å². The summed E-state index contributed by atoms with van der Waals surface area (Å²) in [4.78, 5) is 27.2. The van der Waals surface area contributed by atoms with Crippen LogP contribution < -0.4 is 4.74 Å². The number of aliphatic hydroxyl groups excluding tert-OH is 1. The lowest BCUT2D eigenvalue weighted by Gasteiger charge is -2.47. The molecule has 1 fully saturated rings. The highest BCUT2D eigenvalue weighted by molar-refractivity contribution is 6.17. The Kier molecular flexibility index (Phi) is 5.49. The predicted octanol–water partition coefficient (Wildman–Crippen LogP) is 2.64. The molecule has 0 spiro atoms. The molecule has 2 aliphatic heterocycles. The zero-order valence-electron chi connectivity index (χ0n) is 17.5. The summed E-state index contributed by atoms with van der Waals surface area (Å²) in [5.74, 6) is -0.373. The second-order valence-corrected chi connectivity index (χ2v) is 8.67. The third kappa shape index (κ3) is 3.67. The van der Waals surface area contributed by atoms with Crippen molar-refractivity contribution in [3.63, 3.8) is 0 Å². The maximum atomic E-state index is 12.8. The number of ether oxygens (including phenoxy) is 2. The largest absolute Gasteiger partial charge is 0.504 e. The molecule has 2 N–H and O–H groups in total. The second kappa shape index (κ2) is 7.95. The maximum absolute atomic E-state index is 12.8. The number of hydrogen-bond acceptors (Lipinski definition) is 7. The third-order valence-corrected chi connectivity index (χ3v) is 6.57. The quantitative estimate of drug-likeness (QED) is 0.401. The van der Waals surface area contributed by atoms with Gasteiger partial charge in [0.05, 0.1) is 19.3 Å². The molecule has 0 bridgehead atoms. The van der Waals surface area contributed by atoms with Gasteiger partial charge in [-0.05, 0) is 54.9 Å². The summed E-state index contributed by atoms with van der Waals surface area (Å²) in [6.45, 7) is 4.55. The van der Waals surface area contributed by atoms with Gasteiger partial charge in [0.25, 0.3) is 0 Å². The van der Waals surface area contributed by atoms with Gasteiger partial charge in [-0.1, -0.05) is 6.92 Å². The van der Waals surface area contributed by atoms with Crippen LogP contribution >= 0.6 is 0 Å². The summed E-state index contributed by atoms with van der Waals surface area (Å²) in [5.41, 5.74) is 2.20. The summed E-state index contributed by atoms with van der Waals surface area (Å²) >= 11 is 0. The minimum Gasteiger partial charge on any atom is -0.504 e. The van der Waals surface area contributed by atoms with Gasteiger partial charge in [-0.25, -0.2) is 4.79 Å². The van der Waals surface area contributed by atoms with Crippen LogP contribution in [0.5, 0.6) is 11.5 Å². The van der Waals surface area contributed by atoms with E-state index < -0.39 is 5.97 Å². The van der Waals surface area contributed by atoms with E-state index >= 15 is 0 Å². The van der Waals surface area contributed by atoms with Gasteiger partial charge in [-0.3, -0.25) is 4.79 Å². The summed E-state index contributed by atoms with van der Waals surface area (Å²) in [5, 5.41) is 19.5. The first kappa shape index (κ1) is 20.7. The number of carbonyl (C=O) groups is 2. The SMILES string of the molecule is CCOC(=O)C1=CN2C(CC1=O)c1cc(O)c(OCCCO)cc1CC2C1(C)CC1. The Bertz CT molecular complexity index is 888. The normalized spacial score (nSPS) is 23.9. The minimum absolute atomic E-state index is 0.0235. The Morgan fingerprint density at radius 2 is 2.07 bits per heavy atom. The van der Waals surface area contributed by atoms with E-state index in [-0.39, 0.29) is 54.2 Å². The molecule has 0 saturated heterocycles. The molecule has 2 atom stereocenters. The number of esters is 1. The van der Waals surface area contributed by atoms with Crippen LogP contribution in [0.1, 0.15) is 56.7 Å². The number of aromatic hydroxyl groups is 1. The Hall–Kier alpha value is -2.54. The van der Waals surface area contributed by atoms with Crippen molar-refractivity contribution < 1.29 is 29.3 Å². The molecule has 30 heavy (non-hydrogen) atoms. The number of fused-ring (bicyclic) bond motifs is 3. The number of benzene rings is 1. The lowest BCUT2D eigenvalue weighted by Crippen LogP contribution is -2.48. The molecule has 2 unspecified atom stereocenters. The van der Waals surface area contributed by atoms with Crippen molar-refractivity contribution in [3.8, 4) is 11.5 Å². The van der Waals surface area contributed by atoms with Crippen LogP contribution in [0.25, 0.3) is 0 Å². The first-order valence-corrected chi connectivity index (χ1v) is 10.7. The number of aliphatic hydroxyl groups is 1.